The third kappa shape index (κ3) is 3.80. The van der Waals surface area contributed by atoms with E-state index >= 15 is 0 Å². The SMILES string of the molecule is COc1ccc(Br)cc1CN(C)C(=O)c1ccc(-n2nccc2C)cc1. The molecule has 134 valence electrons. The fraction of sp³-hybridized carbons (Fsp3) is 0.200. The van der Waals surface area contributed by atoms with Gasteiger partial charge in [0.1, 0.15) is 5.75 Å². The molecule has 0 spiro atoms. The molecule has 1 aromatic heterocycles. The van der Waals surface area contributed by atoms with Crippen molar-refractivity contribution in [3.8, 4) is 11.4 Å². The fourth-order valence-corrected chi connectivity index (χ4v) is 3.21. The van der Waals surface area contributed by atoms with Crippen molar-refractivity contribution in [2.75, 3.05) is 14.2 Å². The van der Waals surface area contributed by atoms with Gasteiger partial charge in [0.25, 0.3) is 5.91 Å². The van der Waals surface area contributed by atoms with Gasteiger partial charge in [0.15, 0.2) is 0 Å². The van der Waals surface area contributed by atoms with Crippen LogP contribution in [0.25, 0.3) is 5.69 Å². The Morgan fingerprint density at radius 3 is 2.54 bits per heavy atom. The Hall–Kier alpha value is -2.60. The predicted octanol–water partition coefficient (Wildman–Crippen LogP) is 4.22. The number of ether oxygens (including phenoxy) is 1. The first-order chi connectivity index (χ1) is 12.5. The molecule has 1 heterocycles. The number of halogens is 1. The summed E-state index contributed by atoms with van der Waals surface area (Å²) < 4.78 is 8.18. The van der Waals surface area contributed by atoms with E-state index in [1.54, 1.807) is 25.3 Å². The molecule has 26 heavy (non-hydrogen) atoms. The van der Waals surface area contributed by atoms with Crippen molar-refractivity contribution in [3.63, 3.8) is 0 Å². The van der Waals surface area contributed by atoms with Gasteiger partial charge in [-0.15, -0.1) is 0 Å². The minimum atomic E-state index is -0.0456. The molecule has 0 unspecified atom stereocenters. The number of carbonyl (C=O) groups excluding carboxylic acids is 1. The van der Waals surface area contributed by atoms with Gasteiger partial charge >= 0.3 is 0 Å². The van der Waals surface area contributed by atoms with Gasteiger partial charge in [-0.25, -0.2) is 4.68 Å². The molecule has 6 heteroatoms. The molecular formula is C20H20BrN3O2. The largest absolute Gasteiger partial charge is 0.496 e. The number of methoxy groups -OCH3 is 1. The highest BCUT2D eigenvalue weighted by Gasteiger charge is 2.15. The number of rotatable bonds is 5. The van der Waals surface area contributed by atoms with E-state index in [4.69, 9.17) is 4.74 Å². The lowest BCUT2D eigenvalue weighted by Gasteiger charge is -2.19. The highest BCUT2D eigenvalue weighted by atomic mass is 79.9. The lowest BCUT2D eigenvalue weighted by molar-refractivity contribution is 0.0784. The van der Waals surface area contributed by atoms with E-state index in [9.17, 15) is 4.79 Å². The normalized spacial score (nSPS) is 10.6. The quantitative estimate of drug-likeness (QED) is 0.628. The van der Waals surface area contributed by atoms with Crippen molar-refractivity contribution in [2.45, 2.75) is 13.5 Å². The maximum absolute atomic E-state index is 12.7. The highest BCUT2D eigenvalue weighted by molar-refractivity contribution is 9.10. The topological polar surface area (TPSA) is 47.4 Å². The van der Waals surface area contributed by atoms with E-state index in [0.29, 0.717) is 12.1 Å². The van der Waals surface area contributed by atoms with Gasteiger partial charge in [0.05, 0.1) is 12.8 Å². The number of benzene rings is 2. The van der Waals surface area contributed by atoms with E-state index < -0.39 is 0 Å². The van der Waals surface area contributed by atoms with Crippen LogP contribution >= 0.6 is 15.9 Å². The van der Waals surface area contributed by atoms with E-state index in [2.05, 4.69) is 21.0 Å². The van der Waals surface area contributed by atoms with Crippen LogP contribution in [0.4, 0.5) is 0 Å². The van der Waals surface area contributed by atoms with Gasteiger partial charge < -0.3 is 9.64 Å². The average molecular weight is 414 g/mol. The second-order valence-electron chi connectivity index (χ2n) is 6.05. The lowest BCUT2D eigenvalue weighted by Crippen LogP contribution is -2.26. The van der Waals surface area contributed by atoms with Gasteiger partial charge in [-0.1, -0.05) is 15.9 Å². The Labute approximate surface area is 161 Å². The molecule has 0 aliphatic rings. The molecular weight excluding hydrogens is 394 g/mol. The Morgan fingerprint density at radius 1 is 1.19 bits per heavy atom. The minimum absolute atomic E-state index is 0.0456. The Balaban J connectivity index is 1.77. The molecule has 0 aliphatic carbocycles. The standard InChI is InChI=1S/C20H20BrN3O2/c1-14-10-11-22-24(14)18-7-4-15(5-8-18)20(25)23(2)13-16-12-17(21)6-9-19(16)26-3/h4-12H,13H2,1-3H3. The summed E-state index contributed by atoms with van der Waals surface area (Å²) in [6.45, 7) is 2.45. The summed E-state index contributed by atoms with van der Waals surface area (Å²) in [6, 6.07) is 15.2. The number of carbonyl (C=O) groups is 1. The summed E-state index contributed by atoms with van der Waals surface area (Å²) in [5.41, 5.74) is 3.56. The molecule has 2 aromatic carbocycles. The summed E-state index contributed by atoms with van der Waals surface area (Å²) in [7, 11) is 3.42. The molecule has 0 atom stereocenters. The fourth-order valence-electron chi connectivity index (χ4n) is 2.80. The number of hydrogen-bond acceptors (Lipinski definition) is 3. The smallest absolute Gasteiger partial charge is 0.253 e. The molecule has 3 aromatic rings. The monoisotopic (exact) mass is 413 g/mol. The molecule has 0 saturated heterocycles. The first-order valence-corrected chi connectivity index (χ1v) is 8.98. The molecule has 0 bridgehead atoms. The van der Waals surface area contributed by atoms with Crippen LogP contribution in [0.2, 0.25) is 0 Å². The van der Waals surface area contributed by atoms with Crippen molar-refractivity contribution < 1.29 is 9.53 Å². The van der Waals surface area contributed by atoms with Crippen LogP contribution < -0.4 is 4.74 Å². The summed E-state index contributed by atoms with van der Waals surface area (Å²) >= 11 is 3.46. The zero-order valence-corrected chi connectivity index (χ0v) is 16.5. The van der Waals surface area contributed by atoms with Crippen molar-refractivity contribution in [1.29, 1.82) is 0 Å². The van der Waals surface area contributed by atoms with Crippen molar-refractivity contribution >= 4 is 21.8 Å². The summed E-state index contributed by atoms with van der Waals surface area (Å²) in [5, 5.41) is 4.28. The van der Waals surface area contributed by atoms with E-state index in [-0.39, 0.29) is 5.91 Å². The predicted molar refractivity (Wildman–Crippen MR) is 105 cm³/mol. The zero-order valence-electron chi connectivity index (χ0n) is 14.9. The summed E-state index contributed by atoms with van der Waals surface area (Å²) in [5.74, 6) is 0.716. The molecule has 5 nitrogen and oxygen atoms in total. The second-order valence-corrected chi connectivity index (χ2v) is 6.96. The van der Waals surface area contributed by atoms with Crippen LogP contribution in [0.3, 0.4) is 0 Å². The number of nitrogens with zero attached hydrogens (tertiary/aromatic N) is 3. The Bertz CT molecular complexity index is 919. The number of hydrogen-bond donors (Lipinski definition) is 0. The van der Waals surface area contributed by atoms with Gasteiger partial charge in [-0.2, -0.15) is 5.10 Å². The molecule has 0 fully saturated rings. The average Bonchev–Trinajstić information content (AvgIpc) is 3.07. The Morgan fingerprint density at radius 2 is 1.92 bits per heavy atom. The molecule has 1 amide bonds. The van der Waals surface area contributed by atoms with Crippen LogP contribution in [-0.4, -0.2) is 34.7 Å². The molecule has 0 radical (unpaired) electrons. The van der Waals surface area contributed by atoms with Gasteiger partial charge in [-0.05, 0) is 55.5 Å². The molecule has 0 N–H and O–H groups in total. The third-order valence-electron chi connectivity index (χ3n) is 4.19. The van der Waals surface area contributed by atoms with Crippen LogP contribution in [0, 0.1) is 6.92 Å². The zero-order chi connectivity index (χ0) is 18.7. The number of aryl methyl sites for hydroxylation is 1. The second kappa shape index (κ2) is 7.74. The molecule has 0 saturated carbocycles. The number of amides is 1. The van der Waals surface area contributed by atoms with Crippen LogP contribution in [-0.2, 0) is 6.54 Å². The van der Waals surface area contributed by atoms with Crippen molar-refractivity contribution in [3.05, 3.63) is 76.0 Å². The minimum Gasteiger partial charge on any atom is -0.496 e. The van der Waals surface area contributed by atoms with Crippen LogP contribution in [0.5, 0.6) is 5.75 Å². The lowest BCUT2D eigenvalue weighted by atomic mass is 10.1. The van der Waals surface area contributed by atoms with Crippen molar-refractivity contribution in [1.82, 2.24) is 14.7 Å². The van der Waals surface area contributed by atoms with Gasteiger partial charge in [0.2, 0.25) is 0 Å². The van der Waals surface area contributed by atoms with E-state index in [0.717, 1.165) is 27.2 Å². The molecule has 3 rings (SSSR count). The maximum Gasteiger partial charge on any atom is 0.253 e. The maximum atomic E-state index is 12.7. The number of aromatic nitrogens is 2. The van der Waals surface area contributed by atoms with Gasteiger partial charge in [-0.3, -0.25) is 4.79 Å². The van der Waals surface area contributed by atoms with Crippen LogP contribution in [0.15, 0.2) is 59.2 Å². The Kier molecular flexibility index (Phi) is 5.42. The molecule has 0 aliphatic heterocycles. The van der Waals surface area contributed by atoms with Crippen LogP contribution in [0.1, 0.15) is 21.6 Å². The highest BCUT2D eigenvalue weighted by Crippen LogP contribution is 2.24. The first kappa shape index (κ1) is 18.2. The van der Waals surface area contributed by atoms with E-state index in [1.165, 1.54) is 0 Å². The van der Waals surface area contributed by atoms with Crippen molar-refractivity contribution in [2.24, 2.45) is 0 Å². The first-order valence-electron chi connectivity index (χ1n) is 8.18. The summed E-state index contributed by atoms with van der Waals surface area (Å²) in [6.07, 6.45) is 1.76. The van der Waals surface area contributed by atoms with Gasteiger partial charge in [0, 0.05) is 41.1 Å². The van der Waals surface area contributed by atoms with E-state index in [1.807, 2.05) is 60.1 Å². The third-order valence-corrected chi connectivity index (χ3v) is 4.68. The summed E-state index contributed by atoms with van der Waals surface area (Å²) in [4.78, 5) is 14.4.